The summed E-state index contributed by atoms with van der Waals surface area (Å²) in [5, 5.41) is 0.784. The van der Waals surface area contributed by atoms with Gasteiger partial charge in [-0.2, -0.15) is 0 Å². The van der Waals surface area contributed by atoms with Crippen molar-refractivity contribution in [3.05, 3.63) is 15.6 Å². The van der Waals surface area contributed by atoms with E-state index in [0.717, 1.165) is 5.01 Å². The molecule has 62 valence electrons. The van der Waals surface area contributed by atoms with Gasteiger partial charge in [0.1, 0.15) is 0 Å². The minimum Gasteiger partial charge on any atom is -0.388 e. The summed E-state index contributed by atoms with van der Waals surface area (Å²) in [5.41, 5.74) is 0.303. The van der Waals surface area contributed by atoms with E-state index in [1.165, 1.54) is 11.3 Å². The number of carbonyl (C=O) groups is 2. The minimum atomic E-state index is -0.620. The first-order valence-electron chi connectivity index (χ1n) is 3.38. The Balaban J connectivity index is 2.53. The van der Waals surface area contributed by atoms with Crippen molar-refractivity contribution in [3.8, 4) is 0 Å². The van der Waals surface area contributed by atoms with E-state index in [9.17, 15) is 9.59 Å². The highest BCUT2D eigenvalue weighted by molar-refractivity contribution is 7.12. The van der Waals surface area contributed by atoms with Crippen LogP contribution in [0.1, 0.15) is 20.4 Å². The maximum Gasteiger partial charge on any atom is 0.365 e. The van der Waals surface area contributed by atoms with E-state index in [4.69, 9.17) is 0 Å². The lowest BCUT2D eigenvalue weighted by Gasteiger charge is -2.06. The summed E-state index contributed by atoms with van der Waals surface area (Å²) in [6.07, 6.45) is 0.173. The minimum absolute atomic E-state index is 0.173. The fraction of sp³-hybridized carbons (Fsp3) is 0.286. The molecule has 1 aromatic rings. The second kappa shape index (κ2) is 2.38. The molecule has 0 spiro atoms. The standard InChI is InChI=1S/C7H5NO3S/c1-3-8-6-4(12-3)2-5(9)11-7(6)10/h2H2,1H3. The van der Waals surface area contributed by atoms with Gasteiger partial charge in [0, 0.05) is 0 Å². The summed E-state index contributed by atoms with van der Waals surface area (Å²) >= 11 is 1.36. The van der Waals surface area contributed by atoms with Crippen LogP contribution in [0.5, 0.6) is 0 Å². The number of aryl methyl sites for hydroxylation is 1. The van der Waals surface area contributed by atoms with Gasteiger partial charge in [-0.3, -0.25) is 4.79 Å². The molecule has 4 nitrogen and oxygen atoms in total. The van der Waals surface area contributed by atoms with Gasteiger partial charge in [-0.05, 0) is 6.92 Å². The summed E-state index contributed by atoms with van der Waals surface area (Å²) in [4.78, 5) is 26.5. The molecule has 5 heteroatoms. The first-order chi connectivity index (χ1) is 5.66. The van der Waals surface area contributed by atoms with Crippen molar-refractivity contribution in [3.63, 3.8) is 0 Å². The maximum atomic E-state index is 11.0. The lowest BCUT2D eigenvalue weighted by atomic mass is 10.2. The number of esters is 2. The fourth-order valence-corrected chi connectivity index (χ4v) is 1.98. The van der Waals surface area contributed by atoms with Gasteiger partial charge in [0.15, 0.2) is 5.69 Å². The Morgan fingerprint density at radius 1 is 1.50 bits per heavy atom. The van der Waals surface area contributed by atoms with Crippen LogP contribution in [0.4, 0.5) is 0 Å². The van der Waals surface area contributed by atoms with Crippen LogP contribution in [0, 0.1) is 6.92 Å². The van der Waals surface area contributed by atoms with Crippen molar-refractivity contribution < 1.29 is 14.3 Å². The molecule has 0 atom stereocenters. The van der Waals surface area contributed by atoms with Crippen molar-refractivity contribution in [2.24, 2.45) is 0 Å². The maximum absolute atomic E-state index is 11.0. The van der Waals surface area contributed by atoms with Crippen LogP contribution in [0.25, 0.3) is 0 Å². The van der Waals surface area contributed by atoms with Gasteiger partial charge in [-0.1, -0.05) is 0 Å². The molecular formula is C7H5NO3S. The number of nitrogens with zero attached hydrogens (tertiary/aromatic N) is 1. The van der Waals surface area contributed by atoms with Crippen LogP contribution in [0.15, 0.2) is 0 Å². The Morgan fingerprint density at radius 3 is 3.00 bits per heavy atom. The summed E-state index contributed by atoms with van der Waals surface area (Å²) in [6.45, 7) is 1.79. The Bertz CT molecular complexity index is 369. The summed E-state index contributed by atoms with van der Waals surface area (Å²) in [7, 11) is 0. The third-order valence-electron chi connectivity index (χ3n) is 1.51. The second-order valence-electron chi connectivity index (χ2n) is 2.44. The van der Waals surface area contributed by atoms with Crippen LogP contribution in [0.3, 0.4) is 0 Å². The molecule has 12 heavy (non-hydrogen) atoms. The monoisotopic (exact) mass is 183 g/mol. The van der Waals surface area contributed by atoms with Gasteiger partial charge in [-0.25, -0.2) is 9.78 Å². The predicted molar refractivity (Wildman–Crippen MR) is 41.0 cm³/mol. The van der Waals surface area contributed by atoms with E-state index in [1.807, 2.05) is 0 Å². The highest BCUT2D eigenvalue weighted by Crippen LogP contribution is 2.23. The van der Waals surface area contributed by atoms with E-state index in [2.05, 4.69) is 9.72 Å². The van der Waals surface area contributed by atoms with Crippen LogP contribution >= 0.6 is 11.3 Å². The van der Waals surface area contributed by atoms with Crippen molar-refractivity contribution in [2.75, 3.05) is 0 Å². The van der Waals surface area contributed by atoms with E-state index in [1.54, 1.807) is 6.92 Å². The lowest BCUT2D eigenvalue weighted by Crippen LogP contribution is -2.21. The average molecular weight is 183 g/mol. The third-order valence-corrected chi connectivity index (χ3v) is 2.48. The smallest absolute Gasteiger partial charge is 0.365 e. The van der Waals surface area contributed by atoms with Gasteiger partial charge in [0.25, 0.3) is 0 Å². The summed E-state index contributed by atoms with van der Waals surface area (Å²) in [6, 6.07) is 0. The first-order valence-corrected chi connectivity index (χ1v) is 4.20. The highest BCUT2D eigenvalue weighted by Gasteiger charge is 2.28. The molecule has 0 unspecified atom stereocenters. The normalized spacial score (nSPS) is 15.8. The molecule has 0 bridgehead atoms. The zero-order chi connectivity index (χ0) is 8.72. The quantitative estimate of drug-likeness (QED) is 0.438. The van der Waals surface area contributed by atoms with E-state index in [-0.39, 0.29) is 6.42 Å². The number of aromatic nitrogens is 1. The number of hydrogen-bond donors (Lipinski definition) is 0. The topological polar surface area (TPSA) is 56.3 Å². The molecule has 1 aromatic heterocycles. The van der Waals surface area contributed by atoms with Crippen molar-refractivity contribution in [1.29, 1.82) is 0 Å². The number of thiazole rings is 1. The van der Waals surface area contributed by atoms with Gasteiger partial charge < -0.3 is 4.74 Å². The number of hydrogen-bond acceptors (Lipinski definition) is 5. The molecule has 1 aliphatic heterocycles. The molecule has 0 radical (unpaired) electrons. The first kappa shape index (κ1) is 7.42. The van der Waals surface area contributed by atoms with Crippen LogP contribution < -0.4 is 0 Å². The summed E-state index contributed by atoms with van der Waals surface area (Å²) in [5.74, 6) is -1.11. The predicted octanol–water partition coefficient (Wildman–Crippen LogP) is 0.691. The van der Waals surface area contributed by atoms with Crippen molar-refractivity contribution in [1.82, 2.24) is 4.98 Å². The van der Waals surface area contributed by atoms with Crippen LogP contribution in [-0.2, 0) is 16.0 Å². The van der Waals surface area contributed by atoms with Gasteiger partial charge in [-0.15, -0.1) is 11.3 Å². The zero-order valence-electron chi connectivity index (χ0n) is 6.29. The van der Waals surface area contributed by atoms with Crippen LogP contribution in [-0.4, -0.2) is 16.9 Å². The third kappa shape index (κ3) is 1.02. The second-order valence-corrected chi connectivity index (χ2v) is 3.73. The average Bonchev–Trinajstić information content (AvgIpc) is 2.29. The van der Waals surface area contributed by atoms with E-state index < -0.39 is 11.9 Å². The molecule has 0 N–H and O–H groups in total. The van der Waals surface area contributed by atoms with E-state index in [0.29, 0.717) is 10.6 Å². The number of rotatable bonds is 0. The Kier molecular flexibility index (Phi) is 1.47. The number of ether oxygens (including phenoxy) is 1. The number of cyclic esters (lactones) is 2. The molecule has 0 saturated carbocycles. The Labute approximate surface area is 72.2 Å². The largest absolute Gasteiger partial charge is 0.388 e. The van der Waals surface area contributed by atoms with Gasteiger partial charge >= 0.3 is 11.9 Å². The molecule has 0 saturated heterocycles. The van der Waals surface area contributed by atoms with Gasteiger partial charge in [0.05, 0.1) is 16.3 Å². The Hall–Kier alpha value is -1.23. The van der Waals surface area contributed by atoms with Gasteiger partial charge in [0.2, 0.25) is 0 Å². The van der Waals surface area contributed by atoms with Crippen molar-refractivity contribution in [2.45, 2.75) is 13.3 Å². The number of fused-ring (bicyclic) bond motifs is 1. The molecule has 0 aromatic carbocycles. The molecule has 0 fully saturated rings. The fourth-order valence-electron chi connectivity index (χ4n) is 1.07. The molecule has 2 heterocycles. The summed E-state index contributed by atoms with van der Waals surface area (Å²) < 4.78 is 4.39. The van der Waals surface area contributed by atoms with E-state index >= 15 is 0 Å². The highest BCUT2D eigenvalue weighted by atomic mass is 32.1. The van der Waals surface area contributed by atoms with Crippen LogP contribution in [0.2, 0.25) is 0 Å². The molecule has 2 rings (SSSR count). The molecule has 1 aliphatic rings. The molecule has 0 aliphatic carbocycles. The molecular weight excluding hydrogens is 178 g/mol. The zero-order valence-corrected chi connectivity index (χ0v) is 7.10. The van der Waals surface area contributed by atoms with Crippen molar-refractivity contribution >= 4 is 23.3 Å². The SMILES string of the molecule is Cc1nc2c(s1)CC(=O)OC2=O. The molecule has 0 amide bonds. The Morgan fingerprint density at radius 2 is 2.25 bits per heavy atom. The lowest BCUT2D eigenvalue weighted by molar-refractivity contribution is -0.137. The number of carbonyl (C=O) groups excluding carboxylic acids is 2.